The van der Waals surface area contributed by atoms with Gasteiger partial charge in [-0.25, -0.2) is 4.39 Å². The van der Waals surface area contributed by atoms with Crippen LogP contribution < -0.4 is 5.32 Å². The van der Waals surface area contributed by atoms with Gasteiger partial charge in [-0.05, 0) is 51.7 Å². The quantitative estimate of drug-likeness (QED) is 0.389. The molecule has 0 aliphatic rings. The maximum Gasteiger partial charge on any atom is 0.124 e. The third kappa shape index (κ3) is 5.48. The topological polar surface area (TPSA) is 12.0 Å². The van der Waals surface area contributed by atoms with Gasteiger partial charge in [-0.3, -0.25) is 0 Å². The molecule has 2 heteroatoms. The Morgan fingerprint density at radius 1 is 1.30 bits per heavy atom. The molecule has 110 valence electrons. The normalized spacial score (nSPS) is 12.8. The summed E-state index contributed by atoms with van der Waals surface area (Å²) in [5.41, 5.74) is 3.99. The van der Waals surface area contributed by atoms with Crippen LogP contribution in [0.15, 0.2) is 47.0 Å². The van der Waals surface area contributed by atoms with Gasteiger partial charge in [-0.1, -0.05) is 37.1 Å². The van der Waals surface area contributed by atoms with Crippen LogP contribution in [0, 0.1) is 12.3 Å². The number of hydrogen-bond acceptors (Lipinski definition) is 1. The fraction of sp³-hybridized carbons (Fsp3) is 0.444. The van der Waals surface area contributed by atoms with E-state index in [0.29, 0.717) is 17.7 Å². The molecule has 0 bridgehead atoms. The highest BCUT2D eigenvalue weighted by molar-refractivity contribution is 5.34. The van der Waals surface area contributed by atoms with E-state index in [0.717, 1.165) is 23.1 Å². The number of terminal acetylenes is 1. The molecule has 0 aliphatic heterocycles. The van der Waals surface area contributed by atoms with Gasteiger partial charge in [0.15, 0.2) is 0 Å². The summed E-state index contributed by atoms with van der Waals surface area (Å²) in [5.74, 6) is 2.33. The minimum Gasteiger partial charge on any atom is -0.373 e. The van der Waals surface area contributed by atoms with Gasteiger partial charge in [-0.2, -0.15) is 0 Å². The Morgan fingerprint density at radius 3 is 2.25 bits per heavy atom. The van der Waals surface area contributed by atoms with Crippen LogP contribution in [0.2, 0.25) is 0 Å². The average molecular weight is 275 g/mol. The summed E-state index contributed by atoms with van der Waals surface area (Å²) in [5, 5.41) is 3.09. The maximum atomic E-state index is 14.0. The van der Waals surface area contributed by atoms with Crippen LogP contribution in [0.1, 0.15) is 47.5 Å². The Kier molecular flexibility index (Phi) is 7.69. The largest absolute Gasteiger partial charge is 0.373 e. The van der Waals surface area contributed by atoms with Crippen molar-refractivity contribution < 1.29 is 4.39 Å². The lowest BCUT2D eigenvalue weighted by atomic mass is 9.94. The molecule has 0 spiro atoms. The van der Waals surface area contributed by atoms with E-state index in [1.165, 1.54) is 0 Å². The first-order valence-electron chi connectivity index (χ1n) is 6.86. The summed E-state index contributed by atoms with van der Waals surface area (Å²) in [6.45, 7) is 17.2. The van der Waals surface area contributed by atoms with Crippen LogP contribution in [0.3, 0.4) is 0 Å². The van der Waals surface area contributed by atoms with Crippen molar-refractivity contribution in [1.82, 2.24) is 5.32 Å². The number of rotatable bonds is 7. The lowest BCUT2D eigenvalue weighted by Gasteiger charge is -2.19. The molecule has 0 rings (SSSR count). The van der Waals surface area contributed by atoms with E-state index in [4.69, 9.17) is 6.42 Å². The highest BCUT2D eigenvalue weighted by atomic mass is 19.1. The molecule has 0 radical (unpaired) electrons. The molecule has 0 amide bonds. The predicted octanol–water partition coefficient (Wildman–Crippen LogP) is 5.05. The lowest BCUT2D eigenvalue weighted by molar-refractivity contribution is 0.630. The second-order valence-corrected chi connectivity index (χ2v) is 5.22. The summed E-state index contributed by atoms with van der Waals surface area (Å²) < 4.78 is 14.0. The van der Waals surface area contributed by atoms with Crippen LogP contribution in [0.5, 0.6) is 0 Å². The molecule has 0 heterocycles. The van der Waals surface area contributed by atoms with Crippen molar-refractivity contribution in [2.24, 2.45) is 0 Å². The summed E-state index contributed by atoms with van der Waals surface area (Å²) in [6, 6.07) is 0.0164. The highest BCUT2D eigenvalue weighted by Gasteiger charge is 2.12. The lowest BCUT2D eigenvalue weighted by Crippen LogP contribution is -2.26. The SMILES string of the molecule is C#CC(=C)NC(C)C(=C)C/C(CC)=C(\C)C(F)=C(C)C. The van der Waals surface area contributed by atoms with Gasteiger partial charge in [0.05, 0.1) is 5.70 Å². The molecule has 1 unspecified atom stereocenters. The van der Waals surface area contributed by atoms with E-state index in [2.05, 4.69) is 24.4 Å². The van der Waals surface area contributed by atoms with E-state index in [-0.39, 0.29) is 11.9 Å². The molecular formula is C18H26FN. The Bertz CT molecular complexity index is 482. The Morgan fingerprint density at radius 2 is 1.85 bits per heavy atom. The van der Waals surface area contributed by atoms with Crippen molar-refractivity contribution in [2.75, 3.05) is 0 Å². The third-order valence-corrected chi connectivity index (χ3v) is 3.34. The number of nitrogens with one attached hydrogen (secondary N) is 1. The summed E-state index contributed by atoms with van der Waals surface area (Å²) in [4.78, 5) is 0. The number of halogens is 1. The van der Waals surface area contributed by atoms with Gasteiger partial charge < -0.3 is 5.32 Å². The maximum absolute atomic E-state index is 14.0. The van der Waals surface area contributed by atoms with Gasteiger partial charge in [0.2, 0.25) is 0 Å². The van der Waals surface area contributed by atoms with Gasteiger partial charge in [-0.15, -0.1) is 6.42 Å². The van der Waals surface area contributed by atoms with Gasteiger partial charge in [0.25, 0.3) is 0 Å². The van der Waals surface area contributed by atoms with Crippen LogP contribution in [0.4, 0.5) is 4.39 Å². The molecule has 1 N–H and O–H groups in total. The van der Waals surface area contributed by atoms with Crippen molar-refractivity contribution in [2.45, 2.75) is 53.5 Å². The van der Waals surface area contributed by atoms with Crippen LogP contribution >= 0.6 is 0 Å². The Labute approximate surface area is 123 Å². The molecule has 0 saturated carbocycles. The van der Waals surface area contributed by atoms with E-state index < -0.39 is 0 Å². The zero-order valence-electron chi connectivity index (χ0n) is 13.4. The first-order chi connectivity index (χ1) is 9.24. The summed E-state index contributed by atoms with van der Waals surface area (Å²) in [7, 11) is 0. The molecule has 1 nitrogen and oxygen atoms in total. The van der Waals surface area contributed by atoms with Gasteiger partial charge >= 0.3 is 0 Å². The van der Waals surface area contributed by atoms with Gasteiger partial charge in [0.1, 0.15) is 5.83 Å². The smallest absolute Gasteiger partial charge is 0.124 e. The monoisotopic (exact) mass is 275 g/mol. The summed E-state index contributed by atoms with van der Waals surface area (Å²) >= 11 is 0. The fourth-order valence-corrected chi connectivity index (χ4v) is 1.89. The molecular weight excluding hydrogens is 249 g/mol. The van der Waals surface area contributed by atoms with Crippen molar-refractivity contribution >= 4 is 0 Å². The number of hydrogen-bond donors (Lipinski definition) is 1. The molecule has 1 atom stereocenters. The van der Waals surface area contributed by atoms with Crippen LogP contribution in [-0.2, 0) is 0 Å². The second-order valence-electron chi connectivity index (χ2n) is 5.22. The first kappa shape index (κ1) is 18.2. The van der Waals surface area contributed by atoms with Gasteiger partial charge in [0, 0.05) is 6.04 Å². The van der Waals surface area contributed by atoms with E-state index in [1.807, 2.05) is 20.8 Å². The van der Waals surface area contributed by atoms with E-state index >= 15 is 0 Å². The zero-order valence-corrected chi connectivity index (χ0v) is 13.4. The van der Waals surface area contributed by atoms with E-state index in [9.17, 15) is 4.39 Å². The standard InChI is InChI=1S/C18H26FN/c1-9-14(6)20-16(8)13(5)11-17(10-2)15(7)18(19)12(3)4/h1,16,20H,5-6,10-11H2,2-4,7-8H3/b17-15+. The molecule has 0 aromatic heterocycles. The first-order valence-corrected chi connectivity index (χ1v) is 6.86. The highest BCUT2D eigenvalue weighted by Crippen LogP contribution is 2.26. The predicted molar refractivity (Wildman–Crippen MR) is 86.8 cm³/mol. The van der Waals surface area contributed by atoms with Crippen molar-refractivity contribution in [3.05, 3.63) is 47.0 Å². The Hall–Kier alpha value is -1.75. The molecule has 0 aliphatic carbocycles. The Balaban J connectivity index is 5.04. The van der Waals surface area contributed by atoms with Crippen LogP contribution in [-0.4, -0.2) is 6.04 Å². The van der Waals surface area contributed by atoms with Crippen molar-refractivity contribution in [3.8, 4) is 12.3 Å². The fourth-order valence-electron chi connectivity index (χ4n) is 1.89. The molecule has 0 fully saturated rings. The molecule has 0 saturated heterocycles. The average Bonchev–Trinajstić information content (AvgIpc) is 2.42. The minimum absolute atomic E-state index is 0.0164. The molecule has 0 aromatic rings. The van der Waals surface area contributed by atoms with Crippen molar-refractivity contribution in [1.29, 1.82) is 0 Å². The number of allylic oxidation sites excluding steroid dienone is 5. The van der Waals surface area contributed by atoms with Crippen LogP contribution in [0.25, 0.3) is 0 Å². The van der Waals surface area contributed by atoms with Crippen molar-refractivity contribution in [3.63, 3.8) is 0 Å². The molecule has 0 aromatic carbocycles. The summed E-state index contributed by atoms with van der Waals surface area (Å²) in [6.07, 6.45) is 6.72. The van der Waals surface area contributed by atoms with E-state index in [1.54, 1.807) is 13.8 Å². The zero-order chi connectivity index (χ0) is 15.9. The second kappa shape index (κ2) is 8.43. The third-order valence-electron chi connectivity index (χ3n) is 3.34. The molecule has 20 heavy (non-hydrogen) atoms. The minimum atomic E-state index is -0.122.